The van der Waals surface area contributed by atoms with E-state index in [9.17, 15) is 4.39 Å². The topological polar surface area (TPSA) is 29.5 Å². The molecule has 1 aliphatic rings. The standard InChI is InChI=1S/C14H18BrFO2/c15-12-5-11(6-13(16)7-12)9-18-14-3-1-10(8-17)2-4-14/h5-7,10,14,17H,1-4,8-9H2. The monoisotopic (exact) mass is 316 g/mol. The van der Waals surface area contributed by atoms with E-state index in [0.29, 0.717) is 12.5 Å². The van der Waals surface area contributed by atoms with Gasteiger partial charge in [-0.2, -0.15) is 0 Å². The summed E-state index contributed by atoms with van der Waals surface area (Å²) in [6, 6.07) is 4.82. The van der Waals surface area contributed by atoms with Crippen LogP contribution in [0.1, 0.15) is 31.2 Å². The van der Waals surface area contributed by atoms with E-state index >= 15 is 0 Å². The number of aliphatic hydroxyl groups is 1. The number of ether oxygens (including phenoxy) is 1. The van der Waals surface area contributed by atoms with Crippen LogP contribution in [0.2, 0.25) is 0 Å². The third-order valence-electron chi connectivity index (χ3n) is 3.46. The lowest BCUT2D eigenvalue weighted by atomic mass is 9.88. The van der Waals surface area contributed by atoms with Crippen molar-refractivity contribution >= 4 is 15.9 Å². The Balaban J connectivity index is 1.81. The van der Waals surface area contributed by atoms with Crippen LogP contribution in [0.15, 0.2) is 22.7 Å². The van der Waals surface area contributed by atoms with Crippen LogP contribution in [0.4, 0.5) is 4.39 Å². The van der Waals surface area contributed by atoms with E-state index in [0.717, 1.165) is 35.7 Å². The van der Waals surface area contributed by atoms with Crippen molar-refractivity contribution in [3.63, 3.8) is 0 Å². The van der Waals surface area contributed by atoms with Crippen LogP contribution in [-0.2, 0) is 11.3 Å². The molecule has 0 spiro atoms. The average molecular weight is 317 g/mol. The Morgan fingerprint density at radius 3 is 2.56 bits per heavy atom. The van der Waals surface area contributed by atoms with Gasteiger partial charge in [0.25, 0.3) is 0 Å². The average Bonchev–Trinajstić information content (AvgIpc) is 2.36. The van der Waals surface area contributed by atoms with Gasteiger partial charge in [-0.1, -0.05) is 15.9 Å². The van der Waals surface area contributed by atoms with E-state index in [4.69, 9.17) is 9.84 Å². The summed E-state index contributed by atoms with van der Waals surface area (Å²) < 4.78 is 19.7. The number of aliphatic hydroxyl groups excluding tert-OH is 1. The molecule has 0 aromatic heterocycles. The van der Waals surface area contributed by atoms with Crippen molar-refractivity contribution in [2.75, 3.05) is 6.61 Å². The lowest BCUT2D eigenvalue weighted by Gasteiger charge is -2.27. The van der Waals surface area contributed by atoms with Gasteiger partial charge in [0.2, 0.25) is 0 Å². The highest BCUT2D eigenvalue weighted by molar-refractivity contribution is 9.10. The maximum absolute atomic E-state index is 13.2. The van der Waals surface area contributed by atoms with Gasteiger partial charge in [-0.3, -0.25) is 0 Å². The molecule has 2 rings (SSSR count). The fourth-order valence-corrected chi connectivity index (χ4v) is 2.90. The van der Waals surface area contributed by atoms with Gasteiger partial charge in [-0.15, -0.1) is 0 Å². The molecule has 0 radical (unpaired) electrons. The van der Waals surface area contributed by atoms with Crippen molar-refractivity contribution in [2.45, 2.75) is 38.4 Å². The van der Waals surface area contributed by atoms with E-state index in [1.165, 1.54) is 12.1 Å². The second-order valence-electron chi connectivity index (χ2n) is 4.91. The van der Waals surface area contributed by atoms with E-state index in [1.807, 2.05) is 6.07 Å². The molecule has 0 atom stereocenters. The van der Waals surface area contributed by atoms with Crippen molar-refractivity contribution in [3.8, 4) is 0 Å². The molecule has 1 N–H and O–H groups in total. The minimum atomic E-state index is -0.244. The largest absolute Gasteiger partial charge is 0.396 e. The number of halogens is 2. The van der Waals surface area contributed by atoms with E-state index in [1.54, 1.807) is 0 Å². The maximum atomic E-state index is 13.2. The normalized spacial score (nSPS) is 24.2. The van der Waals surface area contributed by atoms with Gasteiger partial charge in [0, 0.05) is 11.1 Å². The summed E-state index contributed by atoms with van der Waals surface area (Å²) >= 11 is 3.27. The molecule has 100 valence electrons. The molecule has 1 aromatic rings. The molecule has 1 aliphatic carbocycles. The SMILES string of the molecule is OCC1CCC(OCc2cc(F)cc(Br)c2)CC1. The lowest BCUT2D eigenvalue weighted by Crippen LogP contribution is -2.23. The van der Waals surface area contributed by atoms with Gasteiger partial charge in [0.1, 0.15) is 5.82 Å². The molecule has 1 fully saturated rings. The molecule has 0 heterocycles. The van der Waals surface area contributed by atoms with Gasteiger partial charge in [-0.05, 0) is 55.4 Å². The van der Waals surface area contributed by atoms with Gasteiger partial charge in [-0.25, -0.2) is 4.39 Å². The van der Waals surface area contributed by atoms with Gasteiger partial charge in [0.05, 0.1) is 12.7 Å². The van der Waals surface area contributed by atoms with Crippen molar-refractivity contribution in [1.82, 2.24) is 0 Å². The zero-order valence-electron chi connectivity index (χ0n) is 10.2. The Kier molecular flexibility index (Phi) is 5.15. The van der Waals surface area contributed by atoms with Crippen LogP contribution in [0.25, 0.3) is 0 Å². The van der Waals surface area contributed by atoms with Crippen LogP contribution in [0, 0.1) is 11.7 Å². The summed E-state index contributed by atoms with van der Waals surface area (Å²) in [6.45, 7) is 0.731. The Labute approximate surface area is 115 Å². The highest BCUT2D eigenvalue weighted by Crippen LogP contribution is 2.26. The predicted molar refractivity (Wildman–Crippen MR) is 71.7 cm³/mol. The highest BCUT2D eigenvalue weighted by Gasteiger charge is 2.20. The summed E-state index contributed by atoms with van der Waals surface area (Å²) in [7, 11) is 0. The summed E-state index contributed by atoms with van der Waals surface area (Å²) in [5, 5.41) is 9.06. The minimum absolute atomic E-state index is 0.244. The molecule has 1 saturated carbocycles. The van der Waals surface area contributed by atoms with Crippen LogP contribution in [0.5, 0.6) is 0 Å². The predicted octanol–water partition coefficient (Wildman–Crippen LogP) is 3.66. The number of benzene rings is 1. The smallest absolute Gasteiger partial charge is 0.124 e. The van der Waals surface area contributed by atoms with E-state index in [-0.39, 0.29) is 18.5 Å². The second kappa shape index (κ2) is 6.64. The molecule has 1 aromatic carbocycles. The second-order valence-corrected chi connectivity index (χ2v) is 5.83. The first-order valence-electron chi connectivity index (χ1n) is 6.35. The third-order valence-corrected chi connectivity index (χ3v) is 3.92. The maximum Gasteiger partial charge on any atom is 0.124 e. The Bertz CT molecular complexity index is 369. The van der Waals surface area contributed by atoms with Gasteiger partial charge in [0.15, 0.2) is 0 Å². The van der Waals surface area contributed by atoms with Crippen molar-refractivity contribution in [3.05, 3.63) is 34.1 Å². The number of rotatable bonds is 4. The zero-order valence-corrected chi connectivity index (χ0v) is 11.8. The Hall–Kier alpha value is -0.450. The van der Waals surface area contributed by atoms with E-state index < -0.39 is 0 Å². The van der Waals surface area contributed by atoms with Crippen LogP contribution in [-0.4, -0.2) is 17.8 Å². The van der Waals surface area contributed by atoms with Crippen molar-refractivity contribution in [2.24, 2.45) is 5.92 Å². The van der Waals surface area contributed by atoms with Crippen LogP contribution >= 0.6 is 15.9 Å². The summed E-state index contributed by atoms with van der Waals surface area (Å²) in [5.74, 6) is 0.195. The first kappa shape index (κ1) is 14.0. The molecular formula is C14H18BrFO2. The van der Waals surface area contributed by atoms with Gasteiger partial charge >= 0.3 is 0 Å². The molecule has 0 amide bonds. The number of hydrogen-bond acceptors (Lipinski definition) is 2. The first-order chi connectivity index (χ1) is 8.67. The Morgan fingerprint density at radius 1 is 1.22 bits per heavy atom. The molecular weight excluding hydrogens is 299 g/mol. The van der Waals surface area contributed by atoms with E-state index in [2.05, 4.69) is 15.9 Å². The van der Waals surface area contributed by atoms with Crippen molar-refractivity contribution < 1.29 is 14.2 Å². The first-order valence-corrected chi connectivity index (χ1v) is 7.14. The van der Waals surface area contributed by atoms with Crippen molar-refractivity contribution in [1.29, 1.82) is 0 Å². The van der Waals surface area contributed by atoms with Crippen LogP contribution in [0.3, 0.4) is 0 Å². The molecule has 0 bridgehead atoms. The third kappa shape index (κ3) is 4.04. The lowest BCUT2D eigenvalue weighted by molar-refractivity contribution is 0.00110. The summed E-state index contributed by atoms with van der Waals surface area (Å²) in [5.41, 5.74) is 0.853. The highest BCUT2D eigenvalue weighted by atomic mass is 79.9. The molecule has 0 aliphatic heterocycles. The van der Waals surface area contributed by atoms with Gasteiger partial charge < -0.3 is 9.84 Å². The molecule has 0 unspecified atom stereocenters. The molecule has 4 heteroatoms. The fourth-order valence-electron chi connectivity index (χ4n) is 2.39. The summed E-state index contributed by atoms with van der Waals surface area (Å²) in [6.07, 6.45) is 4.26. The number of hydrogen-bond donors (Lipinski definition) is 1. The summed E-state index contributed by atoms with van der Waals surface area (Å²) in [4.78, 5) is 0. The van der Waals surface area contributed by atoms with Crippen LogP contribution < -0.4 is 0 Å². The zero-order chi connectivity index (χ0) is 13.0. The fraction of sp³-hybridized carbons (Fsp3) is 0.571. The molecule has 0 saturated heterocycles. The molecule has 2 nitrogen and oxygen atoms in total. The minimum Gasteiger partial charge on any atom is -0.396 e. The quantitative estimate of drug-likeness (QED) is 0.918. The molecule has 18 heavy (non-hydrogen) atoms. The Morgan fingerprint density at radius 2 is 1.94 bits per heavy atom.